The quantitative estimate of drug-likeness (QED) is 0.604. The minimum absolute atomic E-state index is 0.0970. The lowest BCUT2D eigenvalue weighted by Crippen LogP contribution is -2.48. The zero-order chi connectivity index (χ0) is 23.4. The van der Waals surface area contributed by atoms with Crippen LogP contribution < -0.4 is 4.72 Å². The van der Waals surface area contributed by atoms with E-state index in [0.717, 1.165) is 30.9 Å². The Morgan fingerprint density at radius 1 is 0.970 bits per heavy atom. The van der Waals surface area contributed by atoms with Crippen molar-refractivity contribution in [3.63, 3.8) is 0 Å². The Morgan fingerprint density at radius 3 is 2.48 bits per heavy atom. The van der Waals surface area contributed by atoms with Gasteiger partial charge in [-0.1, -0.05) is 24.3 Å². The second kappa shape index (κ2) is 9.72. The number of aryl methyl sites for hydroxylation is 2. The Balaban J connectivity index is 1.41. The molecule has 33 heavy (non-hydrogen) atoms. The number of nitrogens with one attached hydrogen (secondary N) is 1. The summed E-state index contributed by atoms with van der Waals surface area (Å²) >= 11 is 0. The Morgan fingerprint density at radius 2 is 1.76 bits per heavy atom. The summed E-state index contributed by atoms with van der Waals surface area (Å²) in [5.74, 6) is -0.0970. The van der Waals surface area contributed by atoms with Crippen LogP contribution in [-0.2, 0) is 16.6 Å². The minimum Gasteiger partial charge on any atom is -0.336 e. The lowest BCUT2D eigenvalue weighted by molar-refractivity contribution is 0.0627. The third-order valence-corrected chi connectivity index (χ3v) is 7.29. The van der Waals surface area contributed by atoms with Crippen LogP contribution in [0.5, 0.6) is 0 Å². The number of rotatable bonds is 6. The van der Waals surface area contributed by atoms with E-state index < -0.39 is 10.0 Å². The molecule has 0 radical (unpaired) electrons. The number of aromatic nitrogens is 1. The summed E-state index contributed by atoms with van der Waals surface area (Å²) in [6.45, 7) is 7.14. The summed E-state index contributed by atoms with van der Waals surface area (Å²) in [6, 6.07) is 17.9. The minimum atomic E-state index is -3.76. The van der Waals surface area contributed by atoms with Crippen molar-refractivity contribution in [3.05, 3.63) is 89.2 Å². The smallest absolute Gasteiger partial charge is 0.262 e. The Hall–Kier alpha value is -3.23. The molecule has 1 saturated heterocycles. The first kappa shape index (κ1) is 22.9. The largest absolute Gasteiger partial charge is 0.336 e. The molecule has 4 rings (SSSR count). The highest BCUT2D eigenvalue weighted by Crippen LogP contribution is 2.22. The highest BCUT2D eigenvalue weighted by molar-refractivity contribution is 7.92. The number of hydrogen-bond donors (Lipinski definition) is 1. The van der Waals surface area contributed by atoms with E-state index in [-0.39, 0.29) is 10.8 Å². The fourth-order valence-corrected chi connectivity index (χ4v) is 5.32. The van der Waals surface area contributed by atoms with Crippen LogP contribution >= 0.6 is 0 Å². The topological polar surface area (TPSA) is 82.6 Å². The molecule has 172 valence electrons. The van der Waals surface area contributed by atoms with E-state index >= 15 is 0 Å². The second-order valence-electron chi connectivity index (χ2n) is 8.34. The molecule has 2 heterocycles. The van der Waals surface area contributed by atoms with Gasteiger partial charge >= 0.3 is 0 Å². The number of pyridine rings is 1. The number of anilines is 1. The molecule has 8 heteroatoms. The first-order valence-corrected chi connectivity index (χ1v) is 12.4. The van der Waals surface area contributed by atoms with E-state index in [0.29, 0.717) is 29.9 Å². The van der Waals surface area contributed by atoms with E-state index in [4.69, 9.17) is 0 Å². The molecule has 0 bridgehead atoms. The van der Waals surface area contributed by atoms with Crippen molar-refractivity contribution >= 4 is 21.6 Å². The molecule has 0 aliphatic carbocycles. The molecule has 7 nitrogen and oxygen atoms in total. The number of amides is 1. The molecular weight excluding hydrogens is 436 g/mol. The molecule has 3 aromatic rings. The maximum absolute atomic E-state index is 13.1. The van der Waals surface area contributed by atoms with Crippen molar-refractivity contribution in [2.45, 2.75) is 25.3 Å². The molecular formula is C25H28N4O3S. The third kappa shape index (κ3) is 5.58. The van der Waals surface area contributed by atoms with Gasteiger partial charge < -0.3 is 4.90 Å². The number of sulfonamides is 1. The summed E-state index contributed by atoms with van der Waals surface area (Å²) < 4.78 is 28.5. The maximum atomic E-state index is 13.1. The zero-order valence-electron chi connectivity index (χ0n) is 18.9. The number of carbonyl (C=O) groups excluding carboxylic acids is 1. The van der Waals surface area contributed by atoms with Crippen LogP contribution in [0.3, 0.4) is 0 Å². The fraction of sp³-hybridized carbons (Fsp3) is 0.280. The number of benzene rings is 2. The highest BCUT2D eigenvalue weighted by atomic mass is 32.2. The van der Waals surface area contributed by atoms with Crippen molar-refractivity contribution in [1.82, 2.24) is 14.8 Å². The Kier molecular flexibility index (Phi) is 6.76. The molecule has 1 N–H and O–H groups in total. The van der Waals surface area contributed by atoms with Crippen LogP contribution in [-0.4, -0.2) is 55.3 Å². The SMILES string of the molecule is Cc1ccc(C)c(S(=O)(=O)Nc2cccc(C(=O)N3CCN(Cc4ccccn4)CC3)c2)c1. The predicted molar refractivity (Wildman–Crippen MR) is 129 cm³/mol. The molecule has 0 saturated carbocycles. The standard InChI is InChI=1S/C25H28N4O3S/c1-19-9-10-20(2)24(16-19)33(31,32)27-22-8-5-6-21(17-22)25(30)29-14-12-28(13-15-29)18-23-7-3-4-11-26-23/h3-11,16-17,27H,12-15,18H2,1-2H3. The average Bonchev–Trinajstić information content (AvgIpc) is 2.81. The number of carbonyl (C=O) groups is 1. The van der Waals surface area contributed by atoms with Crippen LogP contribution in [0.15, 0.2) is 71.8 Å². The van der Waals surface area contributed by atoms with Crippen LogP contribution in [0.4, 0.5) is 5.69 Å². The molecule has 0 unspecified atom stereocenters. The van der Waals surface area contributed by atoms with Gasteiger partial charge in [0.2, 0.25) is 0 Å². The van der Waals surface area contributed by atoms with Crippen molar-refractivity contribution in [3.8, 4) is 0 Å². The third-order valence-electron chi connectivity index (χ3n) is 5.77. The van der Waals surface area contributed by atoms with E-state index in [1.807, 2.05) is 36.1 Å². The van der Waals surface area contributed by atoms with Gasteiger partial charge in [-0.2, -0.15) is 0 Å². The van der Waals surface area contributed by atoms with Gasteiger partial charge in [-0.05, 0) is 61.4 Å². The van der Waals surface area contributed by atoms with Crippen molar-refractivity contribution in [2.75, 3.05) is 30.9 Å². The normalized spacial score (nSPS) is 14.8. The van der Waals surface area contributed by atoms with Crippen LogP contribution in [0.2, 0.25) is 0 Å². The van der Waals surface area contributed by atoms with Gasteiger partial charge in [-0.15, -0.1) is 0 Å². The molecule has 1 aliphatic heterocycles. The van der Waals surface area contributed by atoms with Gasteiger partial charge in [0.25, 0.3) is 15.9 Å². The molecule has 1 amide bonds. The first-order chi connectivity index (χ1) is 15.8. The van der Waals surface area contributed by atoms with Crippen molar-refractivity contribution < 1.29 is 13.2 Å². The zero-order valence-corrected chi connectivity index (χ0v) is 19.7. The van der Waals surface area contributed by atoms with Crippen LogP contribution in [0, 0.1) is 13.8 Å². The van der Waals surface area contributed by atoms with E-state index in [9.17, 15) is 13.2 Å². The van der Waals surface area contributed by atoms with Gasteiger partial charge in [0, 0.05) is 50.2 Å². The molecule has 1 aromatic heterocycles. The lowest BCUT2D eigenvalue weighted by atomic mass is 10.1. The number of piperazine rings is 1. The highest BCUT2D eigenvalue weighted by Gasteiger charge is 2.23. The molecule has 1 fully saturated rings. The average molecular weight is 465 g/mol. The van der Waals surface area contributed by atoms with Crippen molar-refractivity contribution in [1.29, 1.82) is 0 Å². The van der Waals surface area contributed by atoms with E-state index in [1.165, 1.54) is 0 Å². The first-order valence-electron chi connectivity index (χ1n) is 10.9. The summed E-state index contributed by atoms with van der Waals surface area (Å²) in [6.07, 6.45) is 1.79. The van der Waals surface area contributed by atoms with E-state index in [1.54, 1.807) is 49.5 Å². The maximum Gasteiger partial charge on any atom is 0.262 e. The summed E-state index contributed by atoms with van der Waals surface area (Å²) in [5, 5.41) is 0. The van der Waals surface area contributed by atoms with Crippen LogP contribution in [0.25, 0.3) is 0 Å². The van der Waals surface area contributed by atoms with Crippen molar-refractivity contribution in [2.24, 2.45) is 0 Å². The Bertz CT molecular complexity index is 1240. The van der Waals surface area contributed by atoms with Gasteiger partial charge in [-0.3, -0.25) is 19.4 Å². The van der Waals surface area contributed by atoms with Crippen LogP contribution in [0.1, 0.15) is 27.2 Å². The second-order valence-corrected chi connectivity index (χ2v) is 10.00. The monoisotopic (exact) mass is 464 g/mol. The number of hydrogen-bond acceptors (Lipinski definition) is 5. The fourth-order valence-electron chi connectivity index (χ4n) is 3.94. The molecule has 2 aromatic carbocycles. The van der Waals surface area contributed by atoms with E-state index in [2.05, 4.69) is 14.6 Å². The predicted octanol–water partition coefficient (Wildman–Crippen LogP) is 3.46. The van der Waals surface area contributed by atoms with Gasteiger partial charge in [0.15, 0.2) is 0 Å². The summed E-state index contributed by atoms with van der Waals surface area (Å²) in [4.78, 5) is 21.8. The summed E-state index contributed by atoms with van der Waals surface area (Å²) in [5.41, 5.74) is 3.39. The summed E-state index contributed by atoms with van der Waals surface area (Å²) in [7, 11) is -3.76. The van der Waals surface area contributed by atoms with Gasteiger partial charge in [0.1, 0.15) is 0 Å². The van der Waals surface area contributed by atoms with Gasteiger partial charge in [-0.25, -0.2) is 8.42 Å². The van der Waals surface area contributed by atoms with Gasteiger partial charge in [0.05, 0.1) is 10.6 Å². The number of nitrogens with zero attached hydrogens (tertiary/aromatic N) is 3. The molecule has 0 atom stereocenters. The lowest BCUT2D eigenvalue weighted by Gasteiger charge is -2.34. The molecule has 1 aliphatic rings. The Labute approximate surface area is 195 Å². The molecule has 0 spiro atoms.